The predicted molar refractivity (Wildman–Crippen MR) is 50.9 cm³/mol. The molecule has 0 aromatic rings. The third kappa shape index (κ3) is 1.34. The predicted octanol–water partition coefficient (Wildman–Crippen LogP) is 1.32. The van der Waals surface area contributed by atoms with Gasteiger partial charge in [0.1, 0.15) is 0 Å². The minimum absolute atomic E-state index is 0.668. The van der Waals surface area contributed by atoms with Crippen molar-refractivity contribution in [2.24, 2.45) is 4.99 Å². The molecule has 1 aliphatic heterocycles. The molecule has 0 aromatic heterocycles. The molecule has 0 atom stereocenters. The molecule has 2 rings (SSSR count). The standard InChI is InChI=1S/C10H13NO2/c1-12-10(13-2)5-3-9-8(7-10)4-6-11-9/h3,5,7H,4,6H2,1-2H3. The second kappa shape index (κ2) is 3.09. The summed E-state index contributed by atoms with van der Waals surface area (Å²) in [5.41, 5.74) is 2.30. The fourth-order valence-electron chi connectivity index (χ4n) is 1.66. The summed E-state index contributed by atoms with van der Waals surface area (Å²) in [6.45, 7) is 0.884. The van der Waals surface area contributed by atoms with Gasteiger partial charge in [0.05, 0.1) is 5.71 Å². The van der Waals surface area contributed by atoms with Gasteiger partial charge in [-0.15, -0.1) is 0 Å². The van der Waals surface area contributed by atoms with E-state index in [0.29, 0.717) is 0 Å². The van der Waals surface area contributed by atoms with E-state index in [9.17, 15) is 0 Å². The van der Waals surface area contributed by atoms with E-state index in [4.69, 9.17) is 9.47 Å². The lowest BCUT2D eigenvalue weighted by Crippen LogP contribution is -2.31. The number of methoxy groups -OCH3 is 2. The van der Waals surface area contributed by atoms with Crippen molar-refractivity contribution in [3.63, 3.8) is 0 Å². The Labute approximate surface area is 77.8 Å². The van der Waals surface area contributed by atoms with E-state index in [2.05, 4.69) is 4.99 Å². The van der Waals surface area contributed by atoms with E-state index in [1.54, 1.807) is 14.2 Å². The number of hydrogen-bond donors (Lipinski definition) is 0. The average Bonchev–Trinajstić information content (AvgIpc) is 2.64. The summed E-state index contributed by atoms with van der Waals surface area (Å²) in [6, 6.07) is 0. The molecular weight excluding hydrogens is 166 g/mol. The number of rotatable bonds is 2. The SMILES string of the molecule is COC1(OC)C=CC2=NCCC2=C1. The molecule has 0 fully saturated rings. The van der Waals surface area contributed by atoms with Crippen molar-refractivity contribution >= 4 is 5.71 Å². The Bertz CT molecular complexity index is 298. The zero-order chi connectivity index (χ0) is 9.31. The second-order valence-electron chi connectivity index (χ2n) is 3.15. The molecule has 13 heavy (non-hydrogen) atoms. The molecule has 2 aliphatic rings. The number of aliphatic imine (C=N–C) groups is 1. The molecule has 3 heteroatoms. The summed E-state index contributed by atoms with van der Waals surface area (Å²) in [6.07, 6.45) is 6.85. The van der Waals surface area contributed by atoms with Gasteiger partial charge in [0.25, 0.3) is 0 Å². The first-order valence-corrected chi connectivity index (χ1v) is 4.36. The minimum Gasteiger partial charge on any atom is -0.346 e. The first-order chi connectivity index (χ1) is 6.29. The van der Waals surface area contributed by atoms with E-state index >= 15 is 0 Å². The van der Waals surface area contributed by atoms with Crippen LogP contribution in [0.5, 0.6) is 0 Å². The van der Waals surface area contributed by atoms with E-state index < -0.39 is 5.79 Å². The molecule has 0 spiro atoms. The molecule has 1 heterocycles. The second-order valence-corrected chi connectivity index (χ2v) is 3.15. The number of fused-ring (bicyclic) bond motifs is 1. The lowest BCUT2D eigenvalue weighted by atomic mass is 9.99. The lowest BCUT2D eigenvalue weighted by Gasteiger charge is -2.27. The summed E-state index contributed by atoms with van der Waals surface area (Å²) < 4.78 is 10.6. The van der Waals surface area contributed by atoms with E-state index in [1.165, 1.54) is 5.57 Å². The molecule has 0 saturated carbocycles. The first-order valence-electron chi connectivity index (χ1n) is 4.36. The van der Waals surface area contributed by atoms with Gasteiger partial charge in [-0.05, 0) is 30.2 Å². The zero-order valence-electron chi connectivity index (χ0n) is 7.91. The molecule has 3 nitrogen and oxygen atoms in total. The molecule has 0 saturated heterocycles. The van der Waals surface area contributed by atoms with Gasteiger partial charge in [0.15, 0.2) is 0 Å². The fraction of sp³-hybridized carbons (Fsp3) is 0.500. The molecule has 0 bridgehead atoms. The van der Waals surface area contributed by atoms with Gasteiger partial charge >= 0.3 is 0 Å². The van der Waals surface area contributed by atoms with Crippen LogP contribution in [0.25, 0.3) is 0 Å². The third-order valence-electron chi connectivity index (χ3n) is 2.48. The van der Waals surface area contributed by atoms with Gasteiger partial charge < -0.3 is 9.47 Å². The Morgan fingerprint density at radius 1 is 1.38 bits per heavy atom. The summed E-state index contributed by atoms with van der Waals surface area (Å²) in [5, 5.41) is 0. The Kier molecular flexibility index (Phi) is 2.06. The van der Waals surface area contributed by atoms with Gasteiger partial charge in [-0.2, -0.15) is 0 Å². The van der Waals surface area contributed by atoms with Crippen LogP contribution in [0.2, 0.25) is 0 Å². The van der Waals surface area contributed by atoms with Crippen LogP contribution in [-0.2, 0) is 9.47 Å². The smallest absolute Gasteiger partial charge is 0.208 e. The summed E-state index contributed by atoms with van der Waals surface area (Å²) >= 11 is 0. The van der Waals surface area contributed by atoms with Crippen molar-refractivity contribution in [2.75, 3.05) is 20.8 Å². The monoisotopic (exact) mass is 179 g/mol. The van der Waals surface area contributed by atoms with Crippen LogP contribution < -0.4 is 0 Å². The van der Waals surface area contributed by atoms with E-state index in [1.807, 2.05) is 18.2 Å². The van der Waals surface area contributed by atoms with E-state index in [-0.39, 0.29) is 0 Å². The third-order valence-corrected chi connectivity index (χ3v) is 2.48. The maximum Gasteiger partial charge on any atom is 0.208 e. The quantitative estimate of drug-likeness (QED) is 0.598. The Morgan fingerprint density at radius 2 is 2.15 bits per heavy atom. The normalized spacial score (nSPS) is 23.8. The van der Waals surface area contributed by atoms with Crippen LogP contribution in [-0.4, -0.2) is 32.3 Å². The van der Waals surface area contributed by atoms with Crippen molar-refractivity contribution in [1.29, 1.82) is 0 Å². The summed E-state index contributed by atoms with van der Waals surface area (Å²) in [7, 11) is 3.28. The maximum atomic E-state index is 5.30. The number of allylic oxidation sites excluding steroid dienone is 1. The maximum absolute atomic E-state index is 5.30. The van der Waals surface area contributed by atoms with Gasteiger partial charge in [0.2, 0.25) is 5.79 Å². The van der Waals surface area contributed by atoms with Crippen LogP contribution in [0, 0.1) is 0 Å². The molecule has 0 unspecified atom stereocenters. The molecular formula is C10H13NO2. The summed E-state index contributed by atoms with van der Waals surface area (Å²) in [5.74, 6) is -0.668. The molecule has 1 aliphatic carbocycles. The number of ether oxygens (including phenoxy) is 2. The fourth-order valence-corrected chi connectivity index (χ4v) is 1.66. The average molecular weight is 179 g/mol. The Hall–Kier alpha value is -0.930. The van der Waals surface area contributed by atoms with Gasteiger partial charge in [-0.1, -0.05) is 0 Å². The van der Waals surface area contributed by atoms with Crippen molar-refractivity contribution in [1.82, 2.24) is 0 Å². The van der Waals surface area contributed by atoms with Crippen LogP contribution in [0.1, 0.15) is 6.42 Å². The first kappa shape index (κ1) is 8.66. The highest BCUT2D eigenvalue weighted by Crippen LogP contribution is 2.27. The van der Waals surface area contributed by atoms with Crippen LogP contribution >= 0.6 is 0 Å². The van der Waals surface area contributed by atoms with Gasteiger partial charge in [-0.25, -0.2) is 0 Å². The van der Waals surface area contributed by atoms with Crippen LogP contribution in [0.3, 0.4) is 0 Å². The lowest BCUT2D eigenvalue weighted by molar-refractivity contribution is -0.133. The highest BCUT2D eigenvalue weighted by atomic mass is 16.7. The largest absolute Gasteiger partial charge is 0.346 e. The highest BCUT2D eigenvalue weighted by Gasteiger charge is 2.29. The van der Waals surface area contributed by atoms with E-state index in [0.717, 1.165) is 18.7 Å². The van der Waals surface area contributed by atoms with Crippen molar-refractivity contribution in [3.8, 4) is 0 Å². The van der Waals surface area contributed by atoms with Gasteiger partial charge in [0, 0.05) is 20.8 Å². The molecule has 70 valence electrons. The van der Waals surface area contributed by atoms with Crippen LogP contribution in [0.4, 0.5) is 0 Å². The Balaban J connectivity index is 2.33. The van der Waals surface area contributed by atoms with Crippen molar-refractivity contribution in [2.45, 2.75) is 12.2 Å². The topological polar surface area (TPSA) is 30.8 Å². The highest BCUT2D eigenvalue weighted by molar-refractivity contribution is 6.10. The zero-order valence-corrected chi connectivity index (χ0v) is 7.91. The molecule has 0 aromatic carbocycles. The Morgan fingerprint density at radius 3 is 2.85 bits per heavy atom. The summed E-state index contributed by atoms with van der Waals surface area (Å²) in [4.78, 5) is 4.34. The molecule has 0 radical (unpaired) electrons. The number of hydrogen-bond acceptors (Lipinski definition) is 3. The van der Waals surface area contributed by atoms with Crippen LogP contribution in [0.15, 0.2) is 28.8 Å². The molecule has 0 N–H and O–H groups in total. The minimum atomic E-state index is -0.668. The van der Waals surface area contributed by atoms with Gasteiger partial charge in [-0.3, -0.25) is 4.99 Å². The number of nitrogens with zero attached hydrogens (tertiary/aromatic N) is 1. The van der Waals surface area contributed by atoms with Crippen molar-refractivity contribution < 1.29 is 9.47 Å². The van der Waals surface area contributed by atoms with Crippen molar-refractivity contribution in [3.05, 3.63) is 23.8 Å². The molecule has 0 amide bonds.